The van der Waals surface area contributed by atoms with Crippen molar-refractivity contribution in [1.82, 2.24) is 9.97 Å². The molecule has 35 heavy (non-hydrogen) atoms. The molecule has 9 heteroatoms. The molecule has 0 saturated heterocycles. The zero-order valence-electron chi connectivity index (χ0n) is 20.1. The predicted molar refractivity (Wildman–Crippen MR) is 139 cm³/mol. The van der Waals surface area contributed by atoms with E-state index in [1.807, 2.05) is 0 Å². The Labute approximate surface area is 211 Å². The monoisotopic (exact) mass is 512 g/mol. The average molecular weight is 513 g/mol. The second-order valence-corrected chi connectivity index (χ2v) is 13.4. The van der Waals surface area contributed by atoms with Gasteiger partial charge in [-0.2, -0.15) is 0 Å². The maximum absolute atomic E-state index is 13.4. The van der Waals surface area contributed by atoms with Crippen molar-refractivity contribution in [3.63, 3.8) is 0 Å². The van der Waals surface area contributed by atoms with Crippen LogP contribution in [0.5, 0.6) is 0 Å². The third kappa shape index (κ3) is 5.52. The van der Waals surface area contributed by atoms with Crippen molar-refractivity contribution < 1.29 is 13.5 Å². The van der Waals surface area contributed by atoms with Crippen LogP contribution in [0, 0.1) is 5.41 Å². The molecule has 0 aliphatic heterocycles. The summed E-state index contributed by atoms with van der Waals surface area (Å²) in [5.41, 5.74) is 1.40. The largest absolute Gasteiger partial charge is 0.393 e. The molecule has 5 rings (SSSR count). The number of hydrogen-bond acceptors (Lipinski definition) is 8. The molecule has 1 fully saturated rings. The first-order valence-electron chi connectivity index (χ1n) is 12.2. The highest BCUT2D eigenvalue weighted by molar-refractivity contribution is 7.91. The molecule has 1 aromatic carbocycles. The third-order valence-electron chi connectivity index (χ3n) is 6.90. The van der Waals surface area contributed by atoms with Crippen LogP contribution in [0.15, 0.2) is 52.3 Å². The average Bonchev–Trinajstić information content (AvgIpc) is 3.21. The number of aliphatic hydroxyl groups is 1. The van der Waals surface area contributed by atoms with Gasteiger partial charge in [0.15, 0.2) is 5.13 Å². The smallest absolute Gasteiger partial charge is 0.206 e. The molecule has 0 radical (unpaired) electrons. The van der Waals surface area contributed by atoms with Crippen LogP contribution in [0.1, 0.15) is 56.5 Å². The second kappa shape index (κ2) is 9.52. The number of benzene rings is 1. The van der Waals surface area contributed by atoms with E-state index in [2.05, 4.69) is 24.5 Å². The molecule has 0 bridgehead atoms. The number of nitrogens with one attached hydrogen (secondary N) is 2. The summed E-state index contributed by atoms with van der Waals surface area (Å²) in [6.45, 7) is 4.56. The van der Waals surface area contributed by atoms with E-state index >= 15 is 0 Å². The van der Waals surface area contributed by atoms with Crippen molar-refractivity contribution in [1.29, 1.82) is 0 Å². The van der Waals surface area contributed by atoms with Crippen LogP contribution >= 0.6 is 11.3 Å². The number of nitrogens with zero attached hydrogens (tertiary/aromatic N) is 2. The van der Waals surface area contributed by atoms with Gasteiger partial charge in [0.2, 0.25) is 9.84 Å². The van der Waals surface area contributed by atoms with E-state index in [-0.39, 0.29) is 27.4 Å². The Morgan fingerprint density at radius 3 is 2.46 bits per heavy atom. The van der Waals surface area contributed by atoms with Crippen LogP contribution in [-0.2, 0) is 22.7 Å². The summed E-state index contributed by atoms with van der Waals surface area (Å²) in [6, 6.07) is 11.8. The number of sulfone groups is 1. The summed E-state index contributed by atoms with van der Waals surface area (Å²) in [5, 5.41) is 17.3. The molecule has 2 aliphatic carbocycles. The van der Waals surface area contributed by atoms with Gasteiger partial charge >= 0.3 is 0 Å². The number of hydrogen-bond donors (Lipinski definition) is 3. The topological polar surface area (TPSA) is 104 Å². The Morgan fingerprint density at radius 1 is 1.00 bits per heavy atom. The number of pyridine rings is 1. The number of rotatable bonds is 6. The summed E-state index contributed by atoms with van der Waals surface area (Å²) in [6.07, 6.45) is 5.89. The van der Waals surface area contributed by atoms with E-state index in [1.54, 1.807) is 53.8 Å². The summed E-state index contributed by atoms with van der Waals surface area (Å²) >= 11 is 1.62. The summed E-state index contributed by atoms with van der Waals surface area (Å²) in [7, 11) is -3.72. The highest BCUT2D eigenvalue weighted by atomic mass is 32.2. The minimum absolute atomic E-state index is 0.142. The Hall–Kier alpha value is -2.49. The lowest BCUT2D eigenvalue weighted by atomic mass is 9.79. The molecule has 0 unspecified atom stereocenters. The van der Waals surface area contributed by atoms with Crippen LogP contribution in [0.3, 0.4) is 0 Å². The summed E-state index contributed by atoms with van der Waals surface area (Å²) in [5.74, 6) is 0.957. The van der Waals surface area contributed by atoms with Gasteiger partial charge in [-0.05, 0) is 68.6 Å². The molecule has 3 N–H and O–H groups in total. The van der Waals surface area contributed by atoms with E-state index in [0.29, 0.717) is 11.6 Å². The lowest BCUT2D eigenvalue weighted by Crippen LogP contribution is -2.28. The first kappa shape index (κ1) is 24.2. The Morgan fingerprint density at radius 2 is 1.71 bits per heavy atom. The molecule has 2 aliphatic rings. The minimum atomic E-state index is -3.72. The van der Waals surface area contributed by atoms with E-state index in [1.165, 1.54) is 4.88 Å². The normalized spacial score (nSPS) is 21.8. The van der Waals surface area contributed by atoms with Crippen molar-refractivity contribution in [2.45, 2.75) is 80.7 Å². The fourth-order valence-corrected chi connectivity index (χ4v) is 7.42. The van der Waals surface area contributed by atoms with Crippen LogP contribution in [-0.4, -0.2) is 35.6 Å². The molecule has 0 amide bonds. The fourth-order valence-electron chi connectivity index (χ4n) is 4.82. The van der Waals surface area contributed by atoms with Crippen molar-refractivity contribution in [3.8, 4) is 0 Å². The standard InChI is InChI=1S/C26H32N4O3S2/c1-26(2)13-12-21-22(16-26)34-25(28-21)30-24-15-20(35(32,33)19-6-4-3-5-7-19)14-23(29-24)27-17-8-10-18(31)11-9-17/h3-7,14-15,17-18,31H,8-13,16H2,1-2H3,(H2,27,28,29,30)/t17-,18-. The Kier molecular flexibility index (Phi) is 6.59. The molecule has 3 aromatic rings. The van der Waals surface area contributed by atoms with E-state index in [4.69, 9.17) is 9.97 Å². The molecule has 2 heterocycles. The molecule has 0 spiro atoms. The van der Waals surface area contributed by atoms with Gasteiger partial charge < -0.3 is 15.7 Å². The maximum atomic E-state index is 13.4. The highest BCUT2D eigenvalue weighted by Crippen LogP contribution is 2.39. The van der Waals surface area contributed by atoms with Gasteiger partial charge in [-0.3, -0.25) is 0 Å². The lowest BCUT2D eigenvalue weighted by molar-refractivity contribution is 0.126. The van der Waals surface area contributed by atoms with E-state index < -0.39 is 9.84 Å². The number of aromatic nitrogens is 2. The second-order valence-electron chi connectivity index (χ2n) is 10.4. The summed E-state index contributed by atoms with van der Waals surface area (Å²) < 4.78 is 26.9. The van der Waals surface area contributed by atoms with Gasteiger partial charge in [0.25, 0.3) is 0 Å². The molecule has 1 saturated carbocycles. The number of fused-ring (bicyclic) bond motifs is 1. The maximum Gasteiger partial charge on any atom is 0.206 e. The molecule has 7 nitrogen and oxygen atoms in total. The zero-order chi connectivity index (χ0) is 24.6. The third-order valence-corrected chi connectivity index (χ3v) is 9.66. The van der Waals surface area contributed by atoms with Crippen molar-refractivity contribution in [2.75, 3.05) is 10.6 Å². The van der Waals surface area contributed by atoms with Gasteiger partial charge in [0.1, 0.15) is 11.6 Å². The van der Waals surface area contributed by atoms with Gasteiger partial charge in [-0.25, -0.2) is 18.4 Å². The van der Waals surface area contributed by atoms with Crippen molar-refractivity contribution in [3.05, 3.63) is 53.0 Å². The number of thiazole rings is 1. The Balaban J connectivity index is 1.47. The Bertz CT molecular complexity index is 1300. The van der Waals surface area contributed by atoms with Crippen LogP contribution in [0.4, 0.5) is 16.8 Å². The number of aliphatic hydroxyl groups excluding tert-OH is 1. The van der Waals surface area contributed by atoms with Crippen molar-refractivity contribution in [2.24, 2.45) is 5.41 Å². The van der Waals surface area contributed by atoms with Crippen molar-refractivity contribution >= 4 is 37.9 Å². The van der Waals surface area contributed by atoms with Crippen LogP contribution in [0.2, 0.25) is 0 Å². The van der Waals surface area contributed by atoms with Gasteiger partial charge in [0, 0.05) is 17.0 Å². The summed E-state index contributed by atoms with van der Waals surface area (Å²) in [4.78, 5) is 11.2. The number of anilines is 3. The first-order chi connectivity index (χ1) is 16.7. The van der Waals surface area contributed by atoms with E-state index in [0.717, 1.165) is 55.8 Å². The quantitative estimate of drug-likeness (QED) is 0.409. The lowest BCUT2D eigenvalue weighted by Gasteiger charge is -2.28. The SMILES string of the molecule is CC1(C)CCc2nc(Nc3cc(S(=O)(=O)c4ccccc4)cc(N[C@H]4CC[C@H](O)CC4)n3)sc2C1. The molecular formula is C26H32N4O3S2. The van der Waals surface area contributed by atoms with Crippen LogP contribution in [0.25, 0.3) is 0 Å². The van der Waals surface area contributed by atoms with Gasteiger partial charge in [0.05, 0.1) is 21.6 Å². The zero-order valence-corrected chi connectivity index (χ0v) is 21.8. The minimum Gasteiger partial charge on any atom is -0.393 e. The number of aryl methyl sites for hydroxylation is 1. The first-order valence-corrected chi connectivity index (χ1v) is 14.5. The molecule has 186 valence electrons. The molecule has 0 atom stereocenters. The van der Waals surface area contributed by atoms with Gasteiger partial charge in [-0.1, -0.05) is 32.0 Å². The van der Waals surface area contributed by atoms with Gasteiger partial charge in [-0.15, -0.1) is 11.3 Å². The predicted octanol–water partition coefficient (Wildman–Crippen LogP) is 5.34. The van der Waals surface area contributed by atoms with E-state index in [9.17, 15) is 13.5 Å². The molecule has 2 aromatic heterocycles. The van der Waals surface area contributed by atoms with Crippen LogP contribution < -0.4 is 10.6 Å². The fraction of sp³-hybridized carbons (Fsp3) is 0.462. The highest BCUT2D eigenvalue weighted by Gasteiger charge is 2.28. The molecular weight excluding hydrogens is 480 g/mol.